The summed E-state index contributed by atoms with van der Waals surface area (Å²) in [6, 6.07) is 0. The van der Waals surface area contributed by atoms with Crippen LogP contribution in [-0.4, -0.2) is 29.6 Å². The van der Waals surface area contributed by atoms with Crippen LogP contribution >= 0.6 is 0 Å². The fourth-order valence-corrected chi connectivity index (χ4v) is 7.08. The molecule has 4 aliphatic rings. The van der Waals surface area contributed by atoms with E-state index in [2.05, 4.69) is 20.4 Å². The minimum absolute atomic E-state index is 0.00120. The number of methoxy groups -OCH3 is 1. The number of carbonyl (C=O) groups is 2. The Morgan fingerprint density at radius 1 is 1.23 bits per heavy atom. The van der Waals surface area contributed by atoms with Crippen molar-refractivity contribution in [1.82, 2.24) is 0 Å². The lowest BCUT2D eigenvalue weighted by Gasteiger charge is -2.59. The van der Waals surface area contributed by atoms with Crippen molar-refractivity contribution in [2.24, 2.45) is 28.6 Å². The Morgan fingerprint density at radius 3 is 2.62 bits per heavy atom. The molecule has 4 heteroatoms. The summed E-state index contributed by atoms with van der Waals surface area (Å²) >= 11 is 0. The molecule has 3 fully saturated rings. The van der Waals surface area contributed by atoms with Crippen LogP contribution in [0.2, 0.25) is 0 Å². The van der Waals surface area contributed by atoms with E-state index in [0.29, 0.717) is 24.7 Å². The third-order valence-electron chi connectivity index (χ3n) is 8.60. The number of rotatable bonds is 1. The molecule has 0 aromatic heterocycles. The quantitative estimate of drug-likeness (QED) is 0.728. The first-order valence-corrected chi connectivity index (χ1v) is 9.91. The maximum absolute atomic E-state index is 12.4. The fourth-order valence-electron chi connectivity index (χ4n) is 7.08. The molecule has 0 amide bonds. The number of fused-ring (bicyclic) bond motifs is 5. The molecular weight excluding hydrogens is 328 g/mol. The molecule has 0 aromatic rings. The largest absolute Gasteiger partial charge is 0.467 e. The standard InChI is InChI=1S/C22H30O4/c1-13-11-15-16(20(2)8-5-14(23)12-18(13)20)6-9-21(3)17(15)7-10-22(21,25)19(24)26-4/h12,15-17,25H,1,5-11H2,2-4H3. The van der Waals surface area contributed by atoms with Gasteiger partial charge in [-0.3, -0.25) is 4.79 Å². The lowest BCUT2D eigenvalue weighted by molar-refractivity contribution is -0.184. The Kier molecular flexibility index (Phi) is 3.83. The van der Waals surface area contributed by atoms with E-state index in [1.165, 1.54) is 12.7 Å². The van der Waals surface area contributed by atoms with Crippen molar-refractivity contribution in [3.63, 3.8) is 0 Å². The predicted octanol–water partition coefficient (Wildman–Crippen LogP) is 3.59. The topological polar surface area (TPSA) is 63.6 Å². The van der Waals surface area contributed by atoms with E-state index in [4.69, 9.17) is 4.74 Å². The van der Waals surface area contributed by atoms with Gasteiger partial charge in [0.05, 0.1) is 7.11 Å². The third-order valence-corrected chi connectivity index (χ3v) is 8.60. The van der Waals surface area contributed by atoms with Crippen LogP contribution < -0.4 is 0 Å². The highest BCUT2D eigenvalue weighted by molar-refractivity contribution is 5.92. The minimum atomic E-state index is -1.38. The van der Waals surface area contributed by atoms with Crippen LogP contribution in [0, 0.1) is 28.6 Å². The lowest BCUT2D eigenvalue weighted by atomic mass is 9.46. The van der Waals surface area contributed by atoms with E-state index in [0.717, 1.165) is 37.7 Å². The number of hydrogen-bond donors (Lipinski definition) is 1. The summed E-state index contributed by atoms with van der Waals surface area (Å²) < 4.78 is 4.97. The number of allylic oxidation sites excluding steroid dienone is 2. The molecule has 0 saturated heterocycles. The van der Waals surface area contributed by atoms with Gasteiger partial charge in [-0.1, -0.05) is 26.0 Å². The summed E-state index contributed by atoms with van der Waals surface area (Å²) in [5.74, 6) is 0.933. The predicted molar refractivity (Wildman–Crippen MR) is 98.2 cm³/mol. The molecule has 26 heavy (non-hydrogen) atoms. The van der Waals surface area contributed by atoms with Crippen LogP contribution in [0.5, 0.6) is 0 Å². The zero-order valence-electron chi connectivity index (χ0n) is 16.1. The van der Waals surface area contributed by atoms with Gasteiger partial charge in [0.1, 0.15) is 0 Å². The third kappa shape index (κ3) is 2.05. The molecule has 6 atom stereocenters. The summed E-state index contributed by atoms with van der Waals surface area (Å²) in [6.45, 7) is 8.70. The van der Waals surface area contributed by atoms with Crippen LogP contribution in [0.25, 0.3) is 0 Å². The van der Waals surface area contributed by atoms with Crippen molar-refractivity contribution in [3.05, 3.63) is 23.8 Å². The molecule has 4 nitrogen and oxygen atoms in total. The van der Waals surface area contributed by atoms with Crippen molar-refractivity contribution >= 4 is 11.8 Å². The maximum atomic E-state index is 12.4. The van der Waals surface area contributed by atoms with Gasteiger partial charge in [0.25, 0.3) is 0 Å². The molecule has 0 bridgehead atoms. The summed E-state index contributed by atoms with van der Waals surface area (Å²) in [5, 5.41) is 11.2. The van der Waals surface area contributed by atoms with Gasteiger partial charge in [-0.2, -0.15) is 0 Å². The summed E-state index contributed by atoms with van der Waals surface area (Å²) in [7, 11) is 1.36. The highest BCUT2D eigenvalue weighted by atomic mass is 16.5. The first kappa shape index (κ1) is 18.0. The molecule has 0 aromatic carbocycles. The molecule has 3 saturated carbocycles. The monoisotopic (exact) mass is 358 g/mol. The first-order valence-electron chi connectivity index (χ1n) is 9.91. The second-order valence-electron chi connectivity index (χ2n) is 9.47. The maximum Gasteiger partial charge on any atom is 0.338 e. The van der Waals surface area contributed by atoms with E-state index in [1.807, 2.05) is 6.08 Å². The summed E-state index contributed by atoms with van der Waals surface area (Å²) in [5.41, 5.74) is 0.433. The molecule has 0 heterocycles. The SMILES string of the molecule is C=C1CC2C(CCC3(C)C2CCC3(O)C(=O)OC)C2(C)CCC(=O)C=C12. The molecule has 1 N–H and O–H groups in total. The number of hydrogen-bond acceptors (Lipinski definition) is 4. The zero-order chi connectivity index (χ0) is 18.9. The van der Waals surface area contributed by atoms with Crippen molar-refractivity contribution < 1.29 is 19.4 Å². The number of ketones is 1. The molecule has 142 valence electrons. The second kappa shape index (κ2) is 5.54. The zero-order valence-corrected chi connectivity index (χ0v) is 16.1. The molecule has 4 aliphatic carbocycles. The van der Waals surface area contributed by atoms with Crippen molar-refractivity contribution in [2.45, 2.75) is 64.4 Å². The average Bonchev–Trinajstić information content (AvgIpc) is 2.88. The van der Waals surface area contributed by atoms with E-state index in [-0.39, 0.29) is 17.1 Å². The highest BCUT2D eigenvalue weighted by Crippen LogP contribution is 2.68. The van der Waals surface area contributed by atoms with Crippen molar-refractivity contribution in [3.8, 4) is 0 Å². The van der Waals surface area contributed by atoms with Gasteiger partial charge in [0.15, 0.2) is 11.4 Å². The molecule has 0 spiro atoms. The van der Waals surface area contributed by atoms with Gasteiger partial charge >= 0.3 is 5.97 Å². The van der Waals surface area contributed by atoms with E-state index in [9.17, 15) is 14.7 Å². The van der Waals surface area contributed by atoms with Crippen LogP contribution in [0.1, 0.15) is 58.8 Å². The van der Waals surface area contributed by atoms with Gasteiger partial charge in [-0.05, 0) is 73.3 Å². The van der Waals surface area contributed by atoms with Gasteiger partial charge in [0.2, 0.25) is 0 Å². The smallest absolute Gasteiger partial charge is 0.338 e. The molecular formula is C22H30O4. The van der Waals surface area contributed by atoms with Gasteiger partial charge in [-0.25, -0.2) is 4.79 Å². The molecule has 6 unspecified atom stereocenters. The fraction of sp³-hybridized carbons (Fsp3) is 0.727. The summed E-state index contributed by atoms with van der Waals surface area (Å²) in [4.78, 5) is 24.4. The van der Waals surface area contributed by atoms with Crippen LogP contribution in [0.4, 0.5) is 0 Å². The van der Waals surface area contributed by atoms with E-state index in [1.54, 1.807) is 0 Å². The second-order valence-corrected chi connectivity index (χ2v) is 9.47. The normalized spacial score (nSPS) is 47.5. The van der Waals surface area contributed by atoms with Gasteiger partial charge in [0, 0.05) is 11.8 Å². The van der Waals surface area contributed by atoms with Crippen molar-refractivity contribution in [2.75, 3.05) is 7.11 Å². The number of esters is 1. The summed E-state index contributed by atoms with van der Waals surface area (Å²) in [6.07, 6.45) is 7.36. The molecule has 0 radical (unpaired) electrons. The van der Waals surface area contributed by atoms with Crippen LogP contribution in [-0.2, 0) is 14.3 Å². The Morgan fingerprint density at radius 2 is 1.92 bits per heavy atom. The minimum Gasteiger partial charge on any atom is -0.467 e. The number of ether oxygens (including phenoxy) is 1. The Labute approximate surface area is 155 Å². The van der Waals surface area contributed by atoms with Crippen LogP contribution in [0.15, 0.2) is 23.8 Å². The molecule has 0 aliphatic heterocycles. The Hall–Kier alpha value is -1.42. The number of carbonyl (C=O) groups excluding carboxylic acids is 2. The molecule has 4 rings (SSSR count). The first-order chi connectivity index (χ1) is 12.2. The lowest BCUT2D eigenvalue weighted by Crippen LogP contribution is -2.58. The van der Waals surface area contributed by atoms with Crippen LogP contribution in [0.3, 0.4) is 0 Å². The van der Waals surface area contributed by atoms with Gasteiger partial charge in [-0.15, -0.1) is 0 Å². The Balaban J connectivity index is 1.73. The Bertz CT molecular complexity index is 722. The van der Waals surface area contributed by atoms with Crippen molar-refractivity contribution in [1.29, 1.82) is 0 Å². The van der Waals surface area contributed by atoms with E-state index < -0.39 is 17.0 Å². The highest BCUT2D eigenvalue weighted by Gasteiger charge is 2.67. The van der Waals surface area contributed by atoms with E-state index >= 15 is 0 Å². The number of aliphatic hydroxyl groups is 1. The van der Waals surface area contributed by atoms with Gasteiger partial charge < -0.3 is 9.84 Å². The average molecular weight is 358 g/mol.